The van der Waals surface area contributed by atoms with Crippen LogP contribution in [0, 0.1) is 0 Å². The third kappa shape index (κ3) is 3.29. The van der Waals surface area contributed by atoms with Crippen LogP contribution in [0.5, 0.6) is 11.5 Å². The lowest BCUT2D eigenvalue weighted by molar-refractivity contribution is 0.370. The molecule has 1 aromatic carbocycles. The number of hydrogen-bond donors (Lipinski definition) is 8. The van der Waals surface area contributed by atoms with E-state index in [1.807, 2.05) is 0 Å². The van der Waals surface area contributed by atoms with E-state index < -0.39 is 50.2 Å². The predicted molar refractivity (Wildman–Crippen MR) is 64.8 cm³/mol. The van der Waals surface area contributed by atoms with E-state index >= 15 is 0 Å². The van der Waals surface area contributed by atoms with Gasteiger partial charge in [0.1, 0.15) is 10.6 Å². The lowest BCUT2D eigenvalue weighted by Gasteiger charge is -2.17. The van der Waals surface area contributed by atoms with Crippen molar-refractivity contribution in [1.29, 1.82) is 0 Å². The summed E-state index contributed by atoms with van der Waals surface area (Å²) in [6.07, 6.45) is 0. The van der Waals surface area contributed by atoms with Crippen molar-refractivity contribution in [2.45, 2.75) is 0 Å². The Morgan fingerprint density at radius 2 is 1.05 bits per heavy atom. The number of rotatable bonds is 3. The Hall–Kier alpha value is -0.730. The molecule has 0 amide bonds. The summed E-state index contributed by atoms with van der Waals surface area (Å²) in [5.74, 6) is -3.29. The molecule has 8 N–H and O–H groups in total. The molecule has 114 valence electrons. The van der Waals surface area contributed by atoms with Gasteiger partial charge in [-0.1, -0.05) is 0 Å². The molecule has 0 radical (unpaired) electrons. The first kappa shape index (κ1) is 17.3. The molecular formula is C6H9O11P3. The molecule has 0 bridgehead atoms. The van der Waals surface area contributed by atoms with Gasteiger partial charge < -0.3 is 39.6 Å². The predicted octanol–water partition coefficient (Wildman–Crippen LogP) is -2.49. The molecule has 0 saturated carbocycles. The molecule has 20 heavy (non-hydrogen) atoms. The van der Waals surface area contributed by atoms with Gasteiger partial charge in [-0.2, -0.15) is 0 Å². The van der Waals surface area contributed by atoms with Gasteiger partial charge in [0.25, 0.3) is 0 Å². The normalized spacial score (nSPS) is 13.5. The fourth-order valence-corrected chi connectivity index (χ4v) is 4.34. The lowest BCUT2D eigenvalue weighted by Crippen LogP contribution is -2.29. The molecule has 0 aromatic heterocycles. The van der Waals surface area contributed by atoms with Crippen molar-refractivity contribution in [1.82, 2.24) is 0 Å². The average molecular weight is 350 g/mol. The number of aromatic hydroxyl groups is 2. The SMILES string of the molecule is O=P(O)(O)c1cc(P(=O)(O)O)c(P(=O)(O)O)c(O)c1O. The van der Waals surface area contributed by atoms with Gasteiger partial charge in [-0.05, 0) is 6.07 Å². The average Bonchev–Trinajstić information content (AvgIpc) is 2.15. The Balaban J connectivity index is 4.00. The molecule has 0 saturated heterocycles. The van der Waals surface area contributed by atoms with E-state index in [-0.39, 0.29) is 6.07 Å². The Morgan fingerprint density at radius 1 is 0.650 bits per heavy atom. The summed E-state index contributed by atoms with van der Waals surface area (Å²) < 4.78 is 33.3. The summed E-state index contributed by atoms with van der Waals surface area (Å²) in [7, 11) is -16.1. The molecule has 0 unspecified atom stereocenters. The Labute approximate surface area is 110 Å². The largest absolute Gasteiger partial charge is 0.504 e. The zero-order chi connectivity index (χ0) is 16.1. The first-order chi connectivity index (χ1) is 8.67. The van der Waals surface area contributed by atoms with Crippen LogP contribution in [0.15, 0.2) is 6.07 Å². The first-order valence-corrected chi connectivity index (χ1v) is 9.28. The molecule has 0 spiro atoms. The summed E-state index contributed by atoms with van der Waals surface area (Å²) in [5, 5.41) is 14.3. The minimum absolute atomic E-state index is 0.0467. The van der Waals surface area contributed by atoms with Gasteiger partial charge in [-0.25, -0.2) is 0 Å². The molecule has 0 heterocycles. The monoisotopic (exact) mass is 350 g/mol. The lowest BCUT2D eigenvalue weighted by atomic mass is 10.3. The molecule has 11 nitrogen and oxygen atoms in total. The van der Waals surface area contributed by atoms with Gasteiger partial charge in [-0.15, -0.1) is 0 Å². The molecule has 14 heteroatoms. The smallest absolute Gasteiger partial charge is 0.361 e. The second-order valence-corrected chi connectivity index (χ2v) is 8.27. The van der Waals surface area contributed by atoms with Crippen molar-refractivity contribution in [2.75, 3.05) is 0 Å². The molecule has 0 fully saturated rings. The first-order valence-electron chi connectivity index (χ1n) is 4.44. The van der Waals surface area contributed by atoms with Crippen molar-refractivity contribution in [2.24, 2.45) is 0 Å². The number of phenolic OH excluding ortho intramolecular Hbond substituents is 2. The van der Waals surface area contributed by atoms with Crippen LogP contribution in [0.2, 0.25) is 0 Å². The molecular weight excluding hydrogens is 341 g/mol. The highest BCUT2D eigenvalue weighted by molar-refractivity contribution is 7.67. The fraction of sp³-hybridized carbons (Fsp3) is 0. The van der Waals surface area contributed by atoms with Crippen LogP contribution in [0.4, 0.5) is 0 Å². The van der Waals surface area contributed by atoms with Crippen LogP contribution in [-0.4, -0.2) is 39.6 Å². The van der Waals surface area contributed by atoms with Crippen molar-refractivity contribution in [3.05, 3.63) is 6.07 Å². The van der Waals surface area contributed by atoms with E-state index in [1.165, 1.54) is 0 Å². The van der Waals surface area contributed by atoms with E-state index in [0.29, 0.717) is 0 Å². The van der Waals surface area contributed by atoms with E-state index in [1.54, 1.807) is 0 Å². The quantitative estimate of drug-likeness (QED) is 0.211. The Bertz CT molecular complexity index is 691. The van der Waals surface area contributed by atoms with Gasteiger partial charge in [0.2, 0.25) is 0 Å². The van der Waals surface area contributed by atoms with E-state index in [0.717, 1.165) is 0 Å². The van der Waals surface area contributed by atoms with Crippen LogP contribution in [-0.2, 0) is 13.7 Å². The maximum absolute atomic E-state index is 11.1. The maximum atomic E-state index is 11.1. The van der Waals surface area contributed by atoms with Crippen LogP contribution >= 0.6 is 22.8 Å². The third-order valence-corrected chi connectivity index (χ3v) is 5.29. The minimum atomic E-state index is -5.44. The highest BCUT2D eigenvalue weighted by atomic mass is 31.2. The van der Waals surface area contributed by atoms with Gasteiger partial charge in [-0.3, -0.25) is 13.7 Å². The summed E-state index contributed by atoms with van der Waals surface area (Å²) in [4.78, 5) is 53.5. The van der Waals surface area contributed by atoms with Gasteiger partial charge in [0.05, 0.1) is 5.30 Å². The number of phenols is 2. The summed E-state index contributed by atoms with van der Waals surface area (Å²) in [6.45, 7) is 0. The topological polar surface area (TPSA) is 213 Å². The summed E-state index contributed by atoms with van der Waals surface area (Å²) in [5.41, 5.74) is 0. The minimum Gasteiger partial charge on any atom is -0.504 e. The van der Waals surface area contributed by atoms with Crippen LogP contribution in [0.3, 0.4) is 0 Å². The molecule has 1 rings (SSSR count). The van der Waals surface area contributed by atoms with Crippen molar-refractivity contribution >= 4 is 38.7 Å². The van der Waals surface area contributed by atoms with Gasteiger partial charge in [0.15, 0.2) is 11.5 Å². The van der Waals surface area contributed by atoms with Crippen molar-refractivity contribution in [3.8, 4) is 11.5 Å². The van der Waals surface area contributed by atoms with E-state index in [9.17, 15) is 23.9 Å². The fourth-order valence-electron chi connectivity index (χ4n) is 1.35. The molecule has 0 aliphatic heterocycles. The summed E-state index contributed by atoms with van der Waals surface area (Å²) >= 11 is 0. The van der Waals surface area contributed by atoms with Crippen molar-refractivity contribution < 1.29 is 53.3 Å². The van der Waals surface area contributed by atoms with Gasteiger partial charge in [0, 0.05) is 0 Å². The van der Waals surface area contributed by atoms with Gasteiger partial charge >= 0.3 is 22.8 Å². The maximum Gasteiger partial charge on any atom is 0.361 e. The zero-order valence-corrected chi connectivity index (χ0v) is 11.9. The Morgan fingerprint density at radius 3 is 1.35 bits per heavy atom. The highest BCUT2D eigenvalue weighted by Crippen LogP contribution is 2.48. The third-order valence-electron chi connectivity index (χ3n) is 2.13. The van der Waals surface area contributed by atoms with E-state index in [2.05, 4.69) is 0 Å². The number of hydrogen-bond acceptors (Lipinski definition) is 5. The standard InChI is InChI=1S/C6H9O11P3/c7-4-2(18(9,10)11)1-3(19(12,13)14)6(5(4)8)20(15,16)17/h1,7-8H,(H2,9,10,11)(H2,12,13,14)(H2,15,16,17). The van der Waals surface area contributed by atoms with Crippen molar-refractivity contribution in [3.63, 3.8) is 0 Å². The molecule has 1 aromatic rings. The zero-order valence-electron chi connectivity index (χ0n) is 9.22. The molecule has 0 aliphatic carbocycles. The molecule has 0 atom stereocenters. The summed E-state index contributed by atoms with van der Waals surface area (Å²) in [6, 6.07) is 0.0467. The second kappa shape index (κ2) is 4.92. The number of benzene rings is 1. The Kier molecular flexibility index (Phi) is 4.26. The van der Waals surface area contributed by atoms with Crippen LogP contribution in [0.1, 0.15) is 0 Å². The van der Waals surface area contributed by atoms with E-state index in [4.69, 9.17) is 29.4 Å². The van der Waals surface area contributed by atoms with Crippen LogP contribution < -0.4 is 15.9 Å². The molecule has 0 aliphatic rings. The van der Waals surface area contributed by atoms with Crippen LogP contribution in [0.25, 0.3) is 0 Å². The highest BCUT2D eigenvalue weighted by Gasteiger charge is 2.39. The second-order valence-electron chi connectivity index (χ2n) is 3.59.